The lowest BCUT2D eigenvalue weighted by atomic mass is 9.95. The molecule has 2 aromatic rings. The van der Waals surface area contributed by atoms with Crippen molar-refractivity contribution in [3.8, 4) is 0 Å². The highest BCUT2D eigenvalue weighted by atomic mass is 16.5. The van der Waals surface area contributed by atoms with Gasteiger partial charge in [0.1, 0.15) is 12.4 Å². The van der Waals surface area contributed by atoms with Crippen LogP contribution < -0.4 is 11.2 Å². The van der Waals surface area contributed by atoms with Crippen molar-refractivity contribution in [1.29, 1.82) is 0 Å². The Bertz CT molecular complexity index is 950. The molecule has 2 heterocycles. The summed E-state index contributed by atoms with van der Waals surface area (Å²) >= 11 is 0. The van der Waals surface area contributed by atoms with Crippen LogP contribution in [0.1, 0.15) is 44.9 Å². The van der Waals surface area contributed by atoms with Crippen LogP contribution in [-0.4, -0.2) is 25.1 Å². The maximum absolute atomic E-state index is 12.2. The number of aryl methyl sites for hydroxylation is 2. The number of aromatic nitrogens is 4. The number of imidazole rings is 1. The van der Waals surface area contributed by atoms with E-state index < -0.39 is 11.2 Å². The number of ether oxygens (including phenoxy) is 1. The van der Waals surface area contributed by atoms with Gasteiger partial charge < -0.3 is 9.30 Å². The zero-order valence-electron chi connectivity index (χ0n) is 15.2. The topological polar surface area (TPSA) is 99.0 Å². The number of rotatable bonds is 6. The molecule has 0 unspecified atom stereocenters. The van der Waals surface area contributed by atoms with Gasteiger partial charge in [-0.1, -0.05) is 25.5 Å². The minimum absolute atomic E-state index is 0.0222. The fraction of sp³-hybridized carbons (Fsp3) is 0.556. The number of H-pyrrole nitrogens is 1. The third kappa shape index (κ3) is 3.49. The van der Waals surface area contributed by atoms with E-state index in [1.54, 1.807) is 11.6 Å². The predicted octanol–water partition coefficient (Wildman–Crippen LogP) is 1.62. The number of carbonyl (C=O) groups is 1. The van der Waals surface area contributed by atoms with Gasteiger partial charge in [0.2, 0.25) is 0 Å². The Morgan fingerprint density at radius 2 is 2.19 bits per heavy atom. The molecule has 8 nitrogen and oxygen atoms in total. The van der Waals surface area contributed by atoms with E-state index in [-0.39, 0.29) is 18.5 Å². The molecule has 8 heteroatoms. The average Bonchev–Trinajstić information content (AvgIpc) is 2.97. The lowest BCUT2D eigenvalue weighted by Gasteiger charge is -2.16. The predicted molar refractivity (Wildman–Crippen MR) is 96.8 cm³/mol. The van der Waals surface area contributed by atoms with Crippen molar-refractivity contribution >= 4 is 17.1 Å². The van der Waals surface area contributed by atoms with Gasteiger partial charge in [-0.2, -0.15) is 0 Å². The van der Waals surface area contributed by atoms with Crippen molar-refractivity contribution in [3.63, 3.8) is 0 Å². The quantitative estimate of drug-likeness (QED) is 0.623. The van der Waals surface area contributed by atoms with Crippen LogP contribution in [0.2, 0.25) is 0 Å². The second-order valence-electron chi connectivity index (χ2n) is 6.61. The number of carbonyl (C=O) groups excluding carboxylic acids is 1. The summed E-state index contributed by atoms with van der Waals surface area (Å²) < 4.78 is 8.47. The first kappa shape index (κ1) is 18.2. The smallest absolute Gasteiger partial charge is 0.330 e. The van der Waals surface area contributed by atoms with E-state index in [9.17, 15) is 14.4 Å². The molecule has 0 bridgehead atoms. The fourth-order valence-electron chi connectivity index (χ4n) is 3.21. The Morgan fingerprint density at radius 3 is 2.88 bits per heavy atom. The summed E-state index contributed by atoms with van der Waals surface area (Å²) in [5.41, 5.74) is -0.303. The minimum atomic E-state index is -0.484. The molecule has 1 aliphatic rings. The number of nitrogens with one attached hydrogen (secondary N) is 1. The molecule has 0 saturated carbocycles. The molecule has 0 radical (unpaired) electrons. The van der Waals surface area contributed by atoms with E-state index in [4.69, 9.17) is 4.74 Å². The summed E-state index contributed by atoms with van der Waals surface area (Å²) in [5.74, 6) is 0.0700. The molecule has 0 aromatic carbocycles. The highest BCUT2D eigenvalue weighted by Gasteiger charge is 2.22. The van der Waals surface area contributed by atoms with Gasteiger partial charge in [0.15, 0.2) is 11.2 Å². The number of allylic oxidation sites excluding steroid dienone is 2. The normalized spacial score (nSPS) is 16.9. The third-order valence-electron chi connectivity index (χ3n) is 4.79. The van der Waals surface area contributed by atoms with Crippen LogP contribution in [0, 0.1) is 5.92 Å². The average molecular weight is 360 g/mol. The molecular formula is C18H24N4O4. The summed E-state index contributed by atoms with van der Waals surface area (Å²) in [7, 11) is 1.69. The third-order valence-corrected chi connectivity index (χ3v) is 4.79. The van der Waals surface area contributed by atoms with Crippen molar-refractivity contribution in [2.24, 2.45) is 13.0 Å². The van der Waals surface area contributed by atoms with Gasteiger partial charge in [-0.25, -0.2) is 9.78 Å². The molecule has 1 N–H and O–H groups in total. The minimum Gasteiger partial charge on any atom is -0.457 e. The van der Waals surface area contributed by atoms with Gasteiger partial charge in [0.05, 0.1) is 5.92 Å². The largest absolute Gasteiger partial charge is 0.457 e. The fourth-order valence-corrected chi connectivity index (χ4v) is 3.21. The molecule has 0 fully saturated rings. The van der Waals surface area contributed by atoms with Gasteiger partial charge >= 0.3 is 11.7 Å². The highest BCUT2D eigenvalue weighted by Crippen LogP contribution is 2.20. The molecule has 1 atom stereocenters. The van der Waals surface area contributed by atoms with Crippen LogP contribution in [0.15, 0.2) is 21.7 Å². The molecule has 26 heavy (non-hydrogen) atoms. The highest BCUT2D eigenvalue weighted by molar-refractivity contribution is 5.73. The van der Waals surface area contributed by atoms with Crippen LogP contribution in [0.4, 0.5) is 0 Å². The van der Waals surface area contributed by atoms with Gasteiger partial charge in [-0.3, -0.25) is 19.1 Å². The molecule has 0 amide bonds. The Labute approximate surface area is 150 Å². The van der Waals surface area contributed by atoms with Gasteiger partial charge in [0, 0.05) is 13.6 Å². The van der Waals surface area contributed by atoms with Gasteiger partial charge in [-0.05, 0) is 25.7 Å². The Morgan fingerprint density at radius 1 is 1.38 bits per heavy atom. The molecule has 3 rings (SSSR count). The number of aromatic amines is 1. The standard InChI is InChI=1S/C18H24N4O4/c1-3-4-10-22-15-14(16(23)20-18(22)25)21(2)13(19-15)11-26-17(24)12-8-6-5-7-9-12/h5-6,12H,3-4,7-11H2,1-2H3,(H,20,23,25)/t12-/m0/s1. The molecule has 2 aromatic heterocycles. The SMILES string of the molecule is CCCCn1c(=O)[nH]c(=O)c2c1nc(COC(=O)[C@H]1CC=CCC1)n2C. The molecule has 1 aliphatic carbocycles. The van der Waals surface area contributed by atoms with E-state index in [1.165, 1.54) is 4.57 Å². The molecule has 0 spiro atoms. The van der Waals surface area contributed by atoms with Crippen molar-refractivity contribution in [2.45, 2.75) is 52.2 Å². The summed E-state index contributed by atoms with van der Waals surface area (Å²) in [5, 5.41) is 0. The van der Waals surface area contributed by atoms with Crippen molar-refractivity contribution < 1.29 is 9.53 Å². The van der Waals surface area contributed by atoms with E-state index >= 15 is 0 Å². The first-order valence-corrected chi connectivity index (χ1v) is 9.03. The summed E-state index contributed by atoms with van der Waals surface area (Å²) in [4.78, 5) is 43.3. The van der Waals surface area contributed by atoms with E-state index in [0.29, 0.717) is 30.0 Å². The summed E-state index contributed by atoms with van der Waals surface area (Å²) in [6.45, 7) is 2.48. The van der Waals surface area contributed by atoms with Crippen molar-refractivity contribution in [2.75, 3.05) is 0 Å². The van der Waals surface area contributed by atoms with Crippen molar-refractivity contribution in [1.82, 2.24) is 19.1 Å². The second kappa shape index (κ2) is 7.72. The van der Waals surface area contributed by atoms with Crippen LogP contribution in [0.5, 0.6) is 0 Å². The summed E-state index contributed by atoms with van der Waals surface area (Å²) in [6.07, 6.45) is 8.14. The number of fused-ring (bicyclic) bond motifs is 1. The first-order chi connectivity index (χ1) is 12.5. The monoisotopic (exact) mass is 360 g/mol. The first-order valence-electron chi connectivity index (χ1n) is 9.03. The Balaban J connectivity index is 1.87. The Hall–Kier alpha value is -2.64. The lowest BCUT2D eigenvalue weighted by Crippen LogP contribution is -2.31. The number of hydrogen-bond acceptors (Lipinski definition) is 5. The zero-order valence-corrected chi connectivity index (χ0v) is 15.2. The van der Waals surface area contributed by atoms with Gasteiger partial charge in [-0.15, -0.1) is 0 Å². The van der Waals surface area contributed by atoms with Gasteiger partial charge in [0.25, 0.3) is 5.56 Å². The van der Waals surface area contributed by atoms with E-state index in [2.05, 4.69) is 16.0 Å². The number of unbranched alkanes of at least 4 members (excludes halogenated alkanes) is 1. The van der Waals surface area contributed by atoms with E-state index in [1.807, 2.05) is 13.0 Å². The maximum Gasteiger partial charge on any atom is 0.330 e. The van der Waals surface area contributed by atoms with Crippen molar-refractivity contribution in [3.05, 3.63) is 38.8 Å². The Kier molecular flexibility index (Phi) is 5.39. The van der Waals surface area contributed by atoms with Crippen LogP contribution in [0.25, 0.3) is 11.2 Å². The molecular weight excluding hydrogens is 336 g/mol. The number of esters is 1. The lowest BCUT2D eigenvalue weighted by molar-refractivity contribution is -0.150. The number of hydrogen-bond donors (Lipinski definition) is 1. The second-order valence-corrected chi connectivity index (χ2v) is 6.61. The summed E-state index contributed by atoms with van der Waals surface area (Å²) in [6, 6.07) is 0. The maximum atomic E-state index is 12.2. The van der Waals surface area contributed by atoms with Crippen LogP contribution in [-0.2, 0) is 29.7 Å². The van der Waals surface area contributed by atoms with E-state index in [0.717, 1.165) is 25.7 Å². The van der Waals surface area contributed by atoms with Crippen LogP contribution in [0.3, 0.4) is 0 Å². The molecule has 0 aliphatic heterocycles. The molecule has 140 valence electrons. The zero-order chi connectivity index (χ0) is 18.7. The van der Waals surface area contributed by atoms with Crippen LogP contribution >= 0.6 is 0 Å². The number of nitrogens with zero attached hydrogens (tertiary/aromatic N) is 3. The molecule has 0 saturated heterocycles.